The molecule has 0 spiro atoms. The van der Waals surface area contributed by atoms with Crippen LogP contribution >= 0.6 is 0 Å². The number of rotatable bonds is 5. The Hall–Kier alpha value is -0.620. The molecule has 1 aliphatic heterocycles. The van der Waals surface area contributed by atoms with Gasteiger partial charge in [0.15, 0.2) is 9.84 Å². The molecule has 1 aliphatic carbocycles. The number of nitrogens with zero attached hydrogens (tertiary/aromatic N) is 1. The Morgan fingerprint density at radius 1 is 1.29 bits per heavy atom. The van der Waals surface area contributed by atoms with Crippen molar-refractivity contribution in [3.05, 3.63) is 0 Å². The first-order chi connectivity index (χ1) is 9.79. The van der Waals surface area contributed by atoms with Crippen LogP contribution in [0.1, 0.15) is 45.4 Å². The maximum absolute atomic E-state index is 11.9. The number of likely N-dealkylation sites (tertiary alicyclic amines) is 1. The van der Waals surface area contributed by atoms with Crippen LogP contribution in [0.15, 0.2) is 0 Å². The van der Waals surface area contributed by atoms with E-state index >= 15 is 0 Å². The standard InChI is InChI=1S/C15H27NO4S/c1-11(9-15(17)18)12-5-4-8-16(10-12)13-6-3-7-14(13)21(2,19)20/h11-14H,3-10H2,1-2H3,(H,17,18). The topological polar surface area (TPSA) is 74.7 Å². The third kappa shape index (κ3) is 4.19. The average Bonchev–Trinajstić information content (AvgIpc) is 2.87. The molecule has 5 nitrogen and oxygen atoms in total. The van der Waals surface area contributed by atoms with Crippen LogP contribution in [0.4, 0.5) is 0 Å². The SMILES string of the molecule is CC(CC(=O)O)C1CCCN(C2CCCC2S(C)(=O)=O)C1. The van der Waals surface area contributed by atoms with Gasteiger partial charge in [-0.3, -0.25) is 9.69 Å². The molecule has 1 N–H and O–H groups in total. The second kappa shape index (κ2) is 6.65. The third-order valence-electron chi connectivity index (χ3n) is 5.23. The Bertz CT molecular complexity index is 476. The summed E-state index contributed by atoms with van der Waals surface area (Å²) in [5, 5.41) is 8.72. The lowest BCUT2D eigenvalue weighted by molar-refractivity contribution is -0.138. The average molecular weight is 317 g/mol. The van der Waals surface area contributed by atoms with Gasteiger partial charge in [0, 0.05) is 25.3 Å². The maximum Gasteiger partial charge on any atom is 0.303 e. The van der Waals surface area contributed by atoms with Crippen LogP contribution in [0.2, 0.25) is 0 Å². The first-order valence-corrected chi connectivity index (χ1v) is 9.89. The molecule has 1 saturated heterocycles. The van der Waals surface area contributed by atoms with E-state index in [1.54, 1.807) is 0 Å². The number of carbonyl (C=O) groups is 1. The lowest BCUT2D eigenvalue weighted by atomic mass is 9.84. The number of piperidine rings is 1. The normalized spacial score (nSPS) is 33.0. The van der Waals surface area contributed by atoms with E-state index in [2.05, 4.69) is 4.90 Å². The summed E-state index contributed by atoms with van der Waals surface area (Å²) >= 11 is 0. The molecule has 6 heteroatoms. The highest BCUT2D eigenvalue weighted by Gasteiger charge is 2.40. The van der Waals surface area contributed by atoms with Gasteiger partial charge >= 0.3 is 5.97 Å². The zero-order valence-corrected chi connectivity index (χ0v) is 13.8. The fourth-order valence-electron chi connectivity index (χ4n) is 4.07. The van der Waals surface area contributed by atoms with Gasteiger partial charge in [0.2, 0.25) is 0 Å². The Morgan fingerprint density at radius 3 is 2.62 bits per heavy atom. The molecule has 0 radical (unpaired) electrons. The monoisotopic (exact) mass is 317 g/mol. The van der Waals surface area contributed by atoms with Gasteiger partial charge in [-0.15, -0.1) is 0 Å². The van der Waals surface area contributed by atoms with Gasteiger partial charge in [0.1, 0.15) is 0 Å². The van der Waals surface area contributed by atoms with Crippen molar-refractivity contribution in [2.75, 3.05) is 19.3 Å². The minimum absolute atomic E-state index is 0.139. The minimum atomic E-state index is -2.99. The largest absolute Gasteiger partial charge is 0.481 e. The summed E-state index contributed by atoms with van der Waals surface area (Å²) in [6.45, 7) is 3.81. The van der Waals surface area contributed by atoms with E-state index in [4.69, 9.17) is 5.11 Å². The highest BCUT2D eigenvalue weighted by Crippen LogP contribution is 2.34. The Morgan fingerprint density at radius 2 is 2.00 bits per heavy atom. The fraction of sp³-hybridized carbons (Fsp3) is 0.933. The highest BCUT2D eigenvalue weighted by molar-refractivity contribution is 7.91. The molecule has 0 bridgehead atoms. The van der Waals surface area contributed by atoms with E-state index in [1.807, 2.05) is 6.92 Å². The molecule has 0 aromatic rings. The van der Waals surface area contributed by atoms with Crippen molar-refractivity contribution in [1.82, 2.24) is 4.90 Å². The summed E-state index contributed by atoms with van der Waals surface area (Å²) in [5.41, 5.74) is 0. The second-order valence-corrected chi connectivity index (χ2v) is 9.10. The first-order valence-electron chi connectivity index (χ1n) is 7.93. The van der Waals surface area contributed by atoms with Gasteiger partial charge in [0.05, 0.1) is 5.25 Å². The molecule has 21 heavy (non-hydrogen) atoms. The number of aliphatic carboxylic acids is 1. The number of carboxylic acids is 1. The Balaban J connectivity index is 2.02. The number of sulfone groups is 1. The molecular formula is C15H27NO4S. The van der Waals surface area contributed by atoms with Crippen LogP contribution in [0, 0.1) is 11.8 Å². The van der Waals surface area contributed by atoms with E-state index in [0.717, 1.165) is 45.2 Å². The molecule has 122 valence electrons. The molecule has 0 aromatic heterocycles. The van der Waals surface area contributed by atoms with Crippen LogP contribution in [-0.2, 0) is 14.6 Å². The van der Waals surface area contributed by atoms with Crippen LogP contribution in [0.3, 0.4) is 0 Å². The maximum atomic E-state index is 11.9. The van der Waals surface area contributed by atoms with Crippen molar-refractivity contribution in [2.24, 2.45) is 11.8 Å². The van der Waals surface area contributed by atoms with Gasteiger partial charge < -0.3 is 5.11 Å². The molecule has 1 saturated carbocycles. The minimum Gasteiger partial charge on any atom is -0.481 e. The third-order valence-corrected chi connectivity index (χ3v) is 6.88. The summed E-state index contributed by atoms with van der Waals surface area (Å²) in [4.78, 5) is 13.2. The van der Waals surface area contributed by atoms with E-state index in [9.17, 15) is 13.2 Å². The lowest BCUT2D eigenvalue weighted by Gasteiger charge is -2.40. The summed E-state index contributed by atoms with van der Waals surface area (Å²) in [6, 6.07) is 0.139. The van der Waals surface area contributed by atoms with E-state index in [-0.39, 0.29) is 23.6 Å². The quantitative estimate of drug-likeness (QED) is 0.836. The molecule has 4 unspecified atom stereocenters. The van der Waals surface area contributed by atoms with Crippen molar-refractivity contribution in [1.29, 1.82) is 0 Å². The Labute approximate surface area is 127 Å². The number of hydrogen-bond acceptors (Lipinski definition) is 4. The van der Waals surface area contributed by atoms with Gasteiger partial charge in [-0.25, -0.2) is 8.42 Å². The van der Waals surface area contributed by atoms with Crippen LogP contribution in [0.5, 0.6) is 0 Å². The molecule has 4 atom stereocenters. The zero-order valence-electron chi connectivity index (χ0n) is 13.0. The van der Waals surface area contributed by atoms with E-state index in [0.29, 0.717) is 5.92 Å². The molecular weight excluding hydrogens is 290 g/mol. The molecule has 2 aliphatic rings. The number of hydrogen-bond donors (Lipinski definition) is 1. The predicted octanol–water partition coefficient (Wildman–Crippen LogP) is 1.77. The Kier molecular flexibility index (Phi) is 5.30. The van der Waals surface area contributed by atoms with Crippen LogP contribution < -0.4 is 0 Å². The van der Waals surface area contributed by atoms with E-state index in [1.165, 1.54) is 6.26 Å². The highest BCUT2D eigenvalue weighted by atomic mass is 32.2. The van der Waals surface area contributed by atoms with Gasteiger partial charge in [-0.2, -0.15) is 0 Å². The molecule has 0 aromatic carbocycles. The summed E-state index contributed by atoms with van der Waals surface area (Å²) in [6.07, 6.45) is 6.37. The number of carboxylic acid groups (broad SMARTS) is 1. The van der Waals surface area contributed by atoms with Crippen molar-refractivity contribution in [3.8, 4) is 0 Å². The van der Waals surface area contributed by atoms with Crippen molar-refractivity contribution in [2.45, 2.75) is 56.7 Å². The molecule has 2 fully saturated rings. The molecule has 0 amide bonds. The van der Waals surface area contributed by atoms with E-state index < -0.39 is 15.8 Å². The summed E-state index contributed by atoms with van der Waals surface area (Å²) in [7, 11) is -2.99. The second-order valence-electron chi connectivity index (χ2n) is 6.84. The van der Waals surface area contributed by atoms with Gasteiger partial charge in [0.25, 0.3) is 0 Å². The predicted molar refractivity (Wildman–Crippen MR) is 82.0 cm³/mol. The lowest BCUT2D eigenvalue weighted by Crippen LogP contribution is -2.49. The van der Waals surface area contributed by atoms with Crippen molar-refractivity contribution < 1.29 is 18.3 Å². The summed E-state index contributed by atoms with van der Waals surface area (Å²) < 4.78 is 23.9. The summed E-state index contributed by atoms with van der Waals surface area (Å²) in [5.74, 6) is -0.214. The zero-order chi connectivity index (χ0) is 15.6. The van der Waals surface area contributed by atoms with Crippen molar-refractivity contribution >= 4 is 15.8 Å². The van der Waals surface area contributed by atoms with Crippen LogP contribution in [0.25, 0.3) is 0 Å². The smallest absolute Gasteiger partial charge is 0.303 e. The van der Waals surface area contributed by atoms with Crippen LogP contribution in [-0.4, -0.2) is 55.0 Å². The van der Waals surface area contributed by atoms with Gasteiger partial charge in [-0.1, -0.05) is 13.3 Å². The molecule has 1 heterocycles. The van der Waals surface area contributed by atoms with Gasteiger partial charge in [-0.05, 0) is 44.1 Å². The first kappa shape index (κ1) is 16.7. The fourth-order valence-corrected chi connectivity index (χ4v) is 5.55. The molecule has 2 rings (SSSR count). The van der Waals surface area contributed by atoms with Crippen molar-refractivity contribution in [3.63, 3.8) is 0 Å².